The number of benzene rings is 5. The number of amides is 2. The van der Waals surface area contributed by atoms with Crippen LogP contribution < -0.4 is 38.7 Å². The van der Waals surface area contributed by atoms with Gasteiger partial charge in [0.15, 0.2) is 28.2 Å². The molecular formula is C77H75N29O4S. The van der Waals surface area contributed by atoms with Crippen molar-refractivity contribution < 1.29 is 19.1 Å². The van der Waals surface area contributed by atoms with E-state index in [4.69, 9.17) is 38.1 Å². The number of anilines is 5. The first-order chi connectivity index (χ1) is 53.8. The van der Waals surface area contributed by atoms with Crippen LogP contribution in [0, 0.1) is 13.8 Å². The number of hydrogen-bond acceptors (Lipinski definition) is 27. The molecule has 0 unspecified atom stereocenters. The number of thiophene rings is 1. The molecule has 2 amide bonds. The Morgan fingerprint density at radius 3 is 1.43 bits per heavy atom. The maximum Gasteiger partial charge on any atom is 0.254 e. The number of morpholine rings is 1. The lowest BCUT2D eigenvalue weighted by molar-refractivity contribution is 0.0303. The molecule has 13 heterocycles. The summed E-state index contributed by atoms with van der Waals surface area (Å²) >= 11 is 1.70. The number of fused-ring (bicyclic) bond motifs is 7. The van der Waals surface area contributed by atoms with Crippen molar-refractivity contribution in [2.75, 3.05) is 61.6 Å². The van der Waals surface area contributed by atoms with Crippen molar-refractivity contribution in [3.8, 4) is 62.0 Å². The summed E-state index contributed by atoms with van der Waals surface area (Å²) in [7, 11) is 9.16. The normalized spacial score (nSPS) is 12.7. The van der Waals surface area contributed by atoms with Gasteiger partial charge < -0.3 is 48.4 Å². The van der Waals surface area contributed by atoms with E-state index in [1.54, 1.807) is 59.0 Å². The number of carbonyl (C=O) groups is 2. The van der Waals surface area contributed by atoms with Crippen LogP contribution >= 0.6 is 11.3 Å². The number of nitrogens with one attached hydrogen (secondary N) is 1. The standard InChI is InChI=1S/C18H17N5O.C17H18N6O2.C16H16N6O.C14H11N5S.C12H13N7/c1-3-24-14-7-6-11-8-13(5-4-12(11)9-14)16-15-17(19)20-10-21-18(15)23(2)22-16;1-22-16-13(15(18)19-10-20-16)14(21-22)11-3-2-4-12(9-11)17(24)23-5-7-25-8-6-23;1-22-15-12(14(17)18-8-19-15)13(21-22)9-3-2-4-10(7-9)16(23)20-11-5-6-11;1-19-14-11(13(15)16-7-17-14)12(18-19)9-6-20-10-5-3-2-4-8(9)10;1-6-8(4-14-7(2)17-6)10-9-11(13)15-5-16-12(9)19(3)18-10/h4-10H,3H2,1-2H3,(H2,19,20,21);2-4,9-10H,5-8H2,1H3,(H2,18,19,20);2-4,7-8,11H,5-6H2,1H3,(H,20,23)(H2,17,18,19);2-7H,1H3,(H2,15,16,17);4-5H,1-3H3,(H2,13,15,16). The number of carbonyl (C=O) groups excluding carboxylic acids is 2. The van der Waals surface area contributed by atoms with Gasteiger partial charge in [0.1, 0.15) is 101 Å². The molecule has 5 aromatic carbocycles. The lowest BCUT2D eigenvalue weighted by atomic mass is 10.0. The fourth-order valence-corrected chi connectivity index (χ4v) is 14.1. The van der Waals surface area contributed by atoms with Crippen LogP contribution in [0.5, 0.6) is 5.75 Å². The molecule has 558 valence electrons. The molecule has 33 nitrogen and oxygen atoms in total. The van der Waals surface area contributed by atoms with Gasteiger partial charge in [-0.2, -0.15) is 25.5 Å². The third-order valence-corrected chi connectivity index (χ3v) is 19.7. The Labute approximate surface area is 636 Å². The van der Waals surface area contributed by atoms with Crippen LogP contribution in [0.1, 0.15) is 52.0 Å². The number of nitrogens with two attached hydrogens (primary N) is 5. The molecule has 0 radical (unpaired) electrons. The minimum absolute atomic E-state index is 0.00499. The van der Waals surface area contributed by atoms with Gasteiger partial charge in [-0.15, -0.1) is 11.3 Å². The molecular weight excluding hydrogens is 1430 g/mol. The summed E-state index contributed by atoms with van der Waals surface area (Å²) < 4.78 is 20.6. The Balaban J connectivity index is 0.000000110. The van der Waals surface area contributed by atoms with Crippen LogP contribution in [0.4, 0.5) is 29.1 Å². The van der Waals surface area contributed by atoms with Crippen LogP contribution in [0.25, 0.3) is 132 Å². The molecule has 17 aromatic rings. The average Bonchev–Trinajstić information content (AvgIpc) is 1.66. The Kier molecular flexibility index (Phi) is 20.0. The van der Waals surface area contributed by atoms with Crippen molar-refractivity contribution in [1.29, 1.82) is 0 Å². The second-order valence-corrected chi connectivity index (χ2v) is 27.1. The minimum atomic E-state index is -0.0567. The average molecular weight is 1500 g/mol. The number of nitrogen functional groups attached to an aromatic ring is 5. The molecule has 1 aliphatic carbocycles. The molecule has 1 saturated heterocycles. The molecule has 1 saturated carbocycles. The summed E-state index contributed by atoms with van der Waals surface area (Å²) in [5.41, 5.74) is 43.9. The van der Waals surface area contributed by atoms with Gasteiger partial charge in [0.25, 0.3) is 11.8 Å². The van der Waals surface area contributed by atoms with E-state index in [0.29, 0.717) is 124 Å². The molecule has 0 atom stereocenters. The van der Waals surface area contributed by atoms with E-state index in [0.717, 1.165) is 108 Å². The van der Waals surface area contributed by atoms with E-state index >= 15 is 0 Å². The number of aryl methyl sites for hydroxylation is 7. The molecule has 12 aromatic heterocycles. The lowest BCUT2D eigenvalue weighted by Crippen LogP contribution is -2.40. The number of ether oxygens (including phenoxy) is 2. The van der Waals surface area contributed by atoms with Crippen molar-refractivity contribution in [1.82, 2.24) is 119 Å². The number of aromatic nitrogens is 22. The quantitative estimate of drug-likeness (QED) is 0.0741. The van der Waals surface area contributed by atoms with Crippen molar-refractivity contribution >= 4 is 128 Å². The van der Waals surface area contributed by atoms with Crippen LogP contribution in [-0.4, -0.2) is 164 Å². The highest BCUT2D eigenvalue weighted by Gasteiger charge is 2.27. The van der Waals surface area contributed by atoms with E-state index in [1.165, 1.54) is 41.7 Å². The molecule has 0 spiro atoms. The fourth-order valence-electron chi connectivity index (χ4n) is 13.2. The van der Waals surface area contributed by atoms with E-state index in [9.17, 15) is 9.59 Å². The summed E-state index contributed by atoms with van der Waals surface area (Å²) in [4.78, 5) is 76.8. The number of rotatable bonds is 10. The summed E-state index contributed by atoms with van der Waals surface area (Å²) in [6.45, 7) is 8.77. The highest BCUT2D eigenvalue weighted by molar-refractivity contribution is 7.17. The highest BCUT2D eigenvalue weighted by atomic mass is 32.1. The van der Waals surface area contributed by atoms with Gasteiger partial charge in [0, 0.05) is 115 Å². The largest absolute Gasteiger partial charge is 0.494 e. The molecule has 111 heavy (non-hydrogen) atoms. The molecule has 1 aliphatic heterocycles. The van der Waals surface area contributed by atoms with Crippen molar-refractivity contribution in [2.24, 2.45) is 35.2 Å². The maximum atomic E-state index is 12.7. The Morgan fingerprint density at radius 1 is 0.495 bits per heavy atom. The maximum absolute atomic E-state index is 12.7. The first-order valence-electron chi connectivity index (χ1n) is 35.3. The Bertz CT molecular complexity index is 6410. The lowest BCUT2D eigenvalue weighted by Gasteiger charge is -2.27. The van der Waals surface area contributed by atoms with Crippen LogP contribution in [0.2, 0.25) is 0 Å². The van der Waals surface area contributed by atoms with Crippen molar-refractivity contribution in [2.45, 2.75) is 39.7 Å². The van der Waals surface area contributed by atoms with Gasteiger partial charge in [-0.1, -0.05) is 60.7 Å². The third-order valence-electron chi connectivity index (χ3n) is 18.7. The summed E-state index contributed by atoms with van der Waals surface area (Å²) in [5.74, 6) is 3.61. The van der Waals surface area contributed by atoms with Gasteiger partial charge in [0.2, 0.25) is 0 Å². The summed E-state index contributed by atoms with van der Waals surface area (Å²) in [6.07, 6.45) is 11.1. The van der Waals surface area contributed by atoms with E-state index in [-0.39, 0.29) is 11.8 Å². The molecule has 34 heteroatoms. The van der Waals surface area contributed by atoms with E-state index < -0.39 is 0 Å². The fraction of sp³-hybridized carbons (Fsp3) is 0.208. The summed E-state index contributed by atoms with van der Waals surface area (Å²) in [6, 6.07) is 35.6. The number of nitrogens with zero attached hydrogens (tertiary/aromatic N) is 23. The molecule has 19 rings (SSSR count). The zero-order chi connectivity index (χ0) is 77.3. The van der Waals surface area contributed by atoms with Gasteiger partial charge in [0.05, 0.1) is 52.4 Å². The predicted octanol–water partition coefficient (Wildman–Crippen LogP) is 9.60. The first-order valence-corrected chi connectivity index (χ1v) is 36.2. The van der Waals surface area contributed by atoms with E-state index in [2.05, 4.69) is 126 Å². The van der Waals surface area contributed by atoms with Gasteiger partial charge in [-0.25, -0.2) is 83.2 Å². The van der Waals surface area contributed by atoms with Crippen LogP contribution in [-0.2, 0) is 40.0 Å². The van der Waals surface area contributed by atoms with Gasteiger partial charge in [-0.3, -0.25) is 9.59 Å². The molecule has 11 N–H and O–H groups in total. The molecule has 0 bridgehead atoms. The second kappa shape index (κ2) is 30.6. The highest BCUT2D eigenvalue weighted by Crippen LogP contribution is 2.39. The molecule has 2 fully saturated rings. The first kappa shape index (κ1) is 72.4. The van der Waals surface area contributed by atoms with Gasteiger partial charge in [-0.05, 0) is 92.9 Å². The van der Waals surface area contributed by atoms with E-state index in [1.807, 2.05) is 122 Å². The summed E-state index contributed by atoms with van der Waals surface area (Å²) in [5, 5.41) is 34.9. The third kappa shape index (κ3) is 14.6. The molecule has 2 aliphatic rings. The monoisotopic (exact) mass is 1500 g/mol. The van der Waals surface area contributed by atoms with Crippen LogP contribution in [0.15, 0.2) is 152 Å². The van der Waals surface area contributed by atoms with Crippen molar-refractivity contribution in [3.63, 3.8) is 0 Å². The predicted molar refractivity (Wildman–Crippen MR) is 427 cm³/mol. The zero-order valence-electron chi connectivity index (χ0n) is 61.7. The number of hydrogen-bond donors (Lipinski definition) is 6. The second-order valence-electron chi connectivity index (χ2n) is 26.2. The smallest absolute Gasteiger partial charge is 0.254 e. The zero-order valence-corrected chi connectivity index (χ0v) is 62.5. The Hall–Kier alpha value is -14.2. The van der Waals surface area contributed by atoms with Crippen LogP contribution in [0.3, 0.4) is 0 Å². The SMILES string of the molecule is CCOc1ccc2cc(-c3nn(C)c4ncnc(N)c34)ccc2c1.Cc1ncc(-c2nn(C)c3ncnc(N)c23)c(C)n1.Cn1nc(-c2cccc(C(=O)N3CCOCC3)c2)c2c(N)ncnc21.Cn1nc(-c2cccc(C(=O)NC3CC3)c2)c2c(N)ncnc21.Cn1nc(-c2csc3ccccc23)c2c(N)ncnc21. The minimum Gasteiger partial charge on any atom is -0.494 e. The van der Waals surface area contributed by atoms with Gasteiger partial charge >= 0.3 is 0 Å². The topological polar surface area (TPSA) is 442 Å². The Morgan fingerprint density at radius 2 is 0.937 bits per heavy atom. The van der Waals surface area contributed by atoms with Crippen molar-refractivity contribution in [3.05, 3.63) is 175 Å².